The van der Waals surface area contributed by atoms with E-state index in [1.807, 2.05) is 0 Å². The minimum Gasteiger partial charge on any atom is -0.481 e. The highest BCUT2D eigenvalue weighted by Crippen LogP contribution is 2.25. The zero-order valence-corrected chi connectivity index (χ0v) is 14.8. The van der Waals surface area contributed by atoms with E-state index >= 15 is 0 Å². The average molecular weight is 400 g/mol. The van der Waals surface area contributed by atoms with Gasteiger partial charge in [0.1, 0.15) is 0 Å². The largest absolute Gasteiger partial charge is 0.481 e. The lowest BCUT2D eigenvalue weighted by atomic mass is 10.8. The van der Waals surface area contributed by atoms with Crippen molar-refractivity contribution in [3.05, 3.63) is 0 Å². The van der Waals surface area contributed by atoms with E-state index in [0.717, 1.165) is 27.7 Å². The molecule has 0 rings (SSSR count). The van der Waals surface area contributed by atoms with Crippen LogP contribution in [0.25, 0.3) is 0 Å². The molecule has 0 spiro atoms. The number of aliphatic hydroxyl groups is 2. The van der Waals surface area contributed by atoms with E-state index in [-0.39, 0.29) is 13.2 Å². The maximum atomic E-state index is 9.00. The van der Waals surface area contributed by atoms with Crippen LogP contribution >= 0.6 is 7.82 Å². The first kappa shape index (κ1) is 38.5. The molecule has 0 aliphatic rings. The van der Waals surface area contributed by atoms with Crippen LogP contribution in [0.3, 0.4) is 0 Å². The van der Waals surface area contributed by atoms with Crippen molar-refractivity contribution in [3.63, 3.8) is 0 Å². The summed E-state index contributed by atoms with van der Waals surface area (Å²) in [6, 6.07) is 0. The molecule has 0 fully saturated rings. The summed E-state index contributed by atoms with van der Waals surface area (Å²) in [5, 5.41) is 44.9. The number of rotatable bonds is 1. The van der Waals surface area contributed by atoms with Crippen LogP contribution in [0.5, 0.6) is 0 Å². The molecule has 0 heterocycles. The van der Waals surface area contributed by atoms with Crippen molar-refractivity contribution in [2.45, 2.75) is 27.7 Å². The fraction of sp³-hybridized carbons (Fsp3) is 0.600. The summed E-state index contributed by atoms with van der Waals surface area (Å²) < 4.78 is 8.88. The van der Waals surface area contributed by atoms with Gasteiger partial charge in [-0.05, 0) is 0 Å². The third kappa shape index (κ3) is 7310. The quantitative estimate of drug-likeness (QED) is 0.224. The monoisotopic (exact) mass is 400 g/mol. The summed E-state index contributed by atoms with van der Waals surface area (Å²) in [5.41, 5.74) is 0. The highest BCUT2D eigenvalue weighted by Gasteiger charge is 2.00. The van der Waals surface area contributed by atoms with E-state index in [1.165, 1.54) is 0 Å². The fourth-order valence-electron chi connectivity index (χ4n) is 0. The Labute approximate surface area is 142 Å². The molecule has 25 heavy (non-hydrogen) atoms. The summed E-state index contributed by atoms with van der Waals surface area (Å²) in [5.74, 6) is -3.33. The van der Waals surface area contributed by atoms with Crippen LogP contribution in [-0.2, 0) is 23.7 Å². The lowest BCUT2D eigenvalue weighted by molar-refractivity contribution is -0.135. The van der Waals surface area contributed by atoms with E-state index in [1.54, 1.807) is 0 Å². The number of carboxylic acids is 4. The summed E-state index contributed by atoms with van der Waals surface area (Å²) in [6.45, 7) is 4.08. The van der Waals surface area contributed by atoms with Crippen molar-refractivity contribution < 1.29 is 69.1 Å². The molecule has 0 aliphatic carbocycles. The third-order valence-corrected chi connectivity index (χ3v) is 0.1000. The van der Waals surface area contributed by atoms with E-state index in [4.69, 9.17) is 69.1 Å². The van der Waals surface area contributed by atoms with Crippen molar-refractivity contribution in [1.82, 2.24) is 0 Å². The first-order valence-electron chi connectivity index (χ1n) is 5.63. The van der Waals surface area contributed by atoms with E-state index in [2.05, 4.69) is 0 Å². The maximum Gasteiger partial charge on any atom is 0.466 e. The van der Waals surface area contributed by atoms with Crippen LogP contribution in [0.4, 0.5) is 0 Å². The number of hydrogen-bond acceptors (Lipinski definition) is 7. The number of aliphatic hydroxyl groups excluding tert-OH is 2. The van der Waals surface area contributed by atoms with E-state index < -0.39 is 31.7 Å². The molecule has 0 aromatic carbocycles. The van der Waals surface area contributed by atoms with Crippen LogP contribution in [0.2, 0.25) is 0 Å². The first-order chi connectivity index (χ1) is 10.8. The molecule has 15 heteroatoms. The van der Waals surface area contributed by atoms with Crippen molar-refractivity contribution in [2.75, 3.05) is 13.2 Å². The second-order valence-corrected chi connectivity index (χ2v) is 4.06. The molecular formula is C10H25O14P. The summed E-state index contributed by atoms with van der Waals surface area (Å²) in [7, 11) is -4.64. The minimum atomic E-state index is -4.64. The van der Waals surface area contributed by atoms with Crippen LogP contribution in [0.1, 0.15) is 27.7 Å². The van der Waals surface area contributed by atoms with Gasteiger partial charge in [-0.1, -0.05) is 0 Å². The Kier molecular flexibility index (Phi) is 45.9. The molecular weight excluding hydrogens is 375 g/mol. The van der Waals surface area contributed by atoms with Crippen molar-refractivity contribution in [2.24, 2.45) is 0 Å². The Morgan fingerprint density at radius 3 is 0.640 bits per heavy atom. The number of carboxylic acid groups (broad SMARTS) is 4. The molecule has 0 bridgehead atoms. The maximum absolute atomic E-state index is 9.00. The molecule has 9 N–H and O–H groups in total. The lowest BCUT2D eigenvalue weighted by Crippen LogP contribution is -1.85. The summed E-state index contributed by atoms with van der Waals surface area (Å²) in [6.07, 6.45) is 0. The Hall–Kier alpha value is -2.09. The van der Waals surface area contributed by atoms with Crippen molar-refractivity contribution in [3.8, 4) is 0 Å². The predicted molar refractivity (Wildman–Crippen MR) is 81.7 cm³/mol. The Balaban J connectivity index is -0.0000000434. The number of phosphoric acid groups is 1. The second-order valence-electron chi connectivity index (χ2n) is 3.04. The van der Waals surface area contributed by atoms with Crippen molar-refractivity contribution >= 4 is 31.7 Å². The first-order valence-corrected chi connectivity index (χ1v) is 7.19. The molecule has 0 unspecified atom stereocenters. The van der Waals surface area contributed by atoms with Crippen LogP contribution in [0.15, 0.2) is 0 Å². The number of hydrogen-bond donors (Lipinski definition) is 9. The summed E-state index contributed by atoms with van der Waals surface area (Å²) in [4.78, 5) is 57.6. The Bertz CT molecular complexity index is 300. The average Bonchev–Trinajstić information content (AvgIpc) is 2.22. The van der Waals surface area contributed by atoms with Gasteiger partial charge in [-0.15, -0.1) is 0 Å². The number of carbonyl (C=O) groups is 4. The van der Waals surface area contributed by atoms with Gasteiger partial charge >= 0.3 is 7.82 Å². The zero-order chi connectivity index (χ0) is 22.2. The normalized spacial score (nSPS) is 7.56. The van der Waals surface area contributed by atoms with Gasteiger partial charge in [0.25, 0.3) is 23.9 Å². The van der Waals surface area contributed by atoms with Gasteiger partial charge in [-0.25, -0.2) is 4.57 Å². The van der Waals surface area contributed by atoms with Gasteiger partial charge < -0.3 is 45.3 Å². The molecule has 0 saturated heterocycles. The molecule has 0 aliphatic heterocycles. The molecule has 0 saturated carbocycles. The molecule has 0 atom stereocenters. The smallest absolute Gasteiger partial charge is 0.466 e. The standard InChI is InChI=1S/4C2H4O2.C2H6O2.H3O4P/c4*1-2(3)4;3-1-2-4;1-5(2,3)4/h4*1H3,(H,3,4);3-4H,1-2H2;(H3,1,2,3,4). The third-order valence-electron chi connectivity index (χ3n) is 0.1000. The topological polar surface area (TPSA) is 267 Å². The van der Waals surface area contributed by atoms with E-state index in [0.29, 0.717) is 0 Å². The van der Waals surface area contributed by atoms with Gasteiger partial charge in [-0.2, -0.15) is 0 Å². The van der Waals surface area contributed by atoms with Gasteiger partial charge in [0.15, 0.2) is 0 Å². The molecule has 154 valence electrons. The van der Waals surface area contributed by atoms with Crippen LogP contribution in [0, 0.1) is 0 Å². The van der Waals surface area contributed by atoms with Crippen LogP contribution in [-0.4, -0.2) is 82.4 Å². The van der Waals surface area contributed by atoms with Crippen LogP contribution < -0.4 is 0 Å². The van der Waals surface area contributed by atoms with Crippen molar-refractivity contribution in [1.29, 1.82) is 0 Å². The molecule has 0 aromatic rings. The fourth-order valence-corrected chi connectivity index (χ4v) is 0. The summed E-state index contributed by atoms with van der Waals surface area (Å²) >= 11 is 0. The Morgan fingerprint density at radius 2 is 0.640 bits per heavy atom. The second kappa shape index (κ2) is 29.9. The van der Waals surface area contributed by atoms with Gasteiger partial charge in [0, 0.05) is 27.7 Å². The van der Waals surface area contributed by atoms with E-state index in [9.17, 15) is 0 Å². The van der Waals surface area contributed by atoms with Gasteiger partial charge in [-0.3, -0.25) is 19.2 Å². The molecule has 0 amide bonds. The molecule has 0 aromatic heterocycles. The number of aliphatic carboxylic acids is 4. The Morgan fingerprint density at radius 1 is 0.600 bits per heavy atom. The lowest BCUT2D eigenvalue weighted by Gasteiger charge is -1.82. The van der Waals surface area contributed by atoms with Gasteiger partial charge in [0.2, 0.25) is 0 Å². The SMILES string of the molecule is CC(=O)O.CC(=O)O.CC(=O)O.CC(=O)O.O=P(O)(O)O.OCCO. The zero-order valence-electron chi connectivity index (χ0n) is 13.9. The van der Waals surface area contributed by atoms with Gasteiger partial charge in [0.05, 0.1) is 13.2 Å². The molecule has 14 nitrogen and oxygen atoms in total. The molecule has 0 radical (unpaired) electrons. The predicted octanol–water partition coefficient (Wildman–Crippen LogP) is -1.59. The highest BCUT2D eigenvalue weighted by atomic mass is 31.2. The minimum absolute atomic E-state index is 0.125. The highest BCUT2D eigenvalue weighted by molar-refractivity contribution is 7.45.